The number of hydrogen-bond acceptors (Lipinski definition) is 3. The first-order valence-corrected chi connectivity index (χ1v) is 7.68. The van der Waals surface area contributed by atoms with Crippen LogP contribution < -0.4 is 5.32 Å². The number of aromatic nitrogens is 1. The highest BCUT2D eigenvalue weighted by atomic mass is 16.5. The molecule has 0 aliphatic rings. The van der Waals surface area contributed by atoms with Crippen molar-refractivity contribution in [3.05, 3.63) is 59.4 Å². The first-order chi connectivity index (χ1) is 11.0. The standard InChI is InChI=1S/C18H22N2O3/c1-4-14-7-9-15(10-8-14)13(2)19-17(21)12-23-18(22)16-6-5-11-20(16)3/h5-11,13H,4,12H2,1-3H3,(H,19,21)/t13-/m1/s1. The summed E-state index contributed by atoms with van der Waals surface area (Å²) in [5.41, 5.74) is 2.69. The Morgan fingerprint density at radius 2 is 1.91 bits per heavy atom. The van der Waals surface area contributed by atoms with Gasteiger partial charge in [-0.05, 0) is 36.6 Å². The lowest BCUT2D eigenvalue weighted by atomic mass is 10.1. The SMILES string of the molecule is CCc1ccc([C@@H](C)NC(=O)COC(=O)c2cccn2C)cc1. The molecule has 5 heteroatoms. The normalized spacial score (nSPS) is 11.8. The number of benzene rings is 1. The lowest BCUT2D eigenvalue weighted by molar-refractivity contribution is -0.124. The molecule has 0 aliphatic carbocycles. The number of aryl methyl sites for hydroxylation is 2. The number of amides is 1. The first kappa shape index (κ1) is 16.8. The van der Waals surface area contributed by atoms with E-state index in [4.69, 9.17) is 4.74 Å². The lowest BCUT2D eigenvalue weighted by Crippen LogP contribution is -2.31. The van der Waals surface area contributed by atoms with E-state index < -0.39 is 5.97 Å². The molecule has 1 N–H and O–H groups in total. The number of hydrogen-bond donors (Lipinski definition) is 1. The number of nitrogens with one attached hydrogen (secondary N) is 1. The minimum Gasteiger partial charge on any atom is -0.451 e. The Morgan fingerprint density at radius 1 is 1.22 bits per heavy atom. The van der Waals surface area contributed by atoms with Gasteiger partial charge in [0.15, 0.2) is 6.61 Å². The first-order valence-electron chi connectivity index (χ1n) is 7.68. The van der Waals surface area contributed by atoms with Crippen molar-refractivity contribution in [1.29, 1.82) is 0 Å². The topological polar surface area (TPSA) is 60.3 Å². The minimum absolute atomic E-state index is 0.137. The van der Waals surface area contributed by atoms with E-state index in [-0.39, 0.29) is 18.6 Å². The molecule has 1 heterocycles. The highest BCUT2D eigenvalue weighted by Crippen LogP contribution is 2.13. The zero-order chi connectivity index (χ0) is 16.8. The Labute approximate surface area is 136 Å². The van der Waals surface area contributed by atoms with Gasteiger partial charge in [-0.15, -0.1) is 0 Å². The fraction of sp³-hybridized carbons (Fsp3) is 0.333. The molecule has 1 atom stereocenters. The van der Waals surface area contributed by atoms with Crippen LogP contribution in [0.2, 0.25) is 0 Å². The molecular formula is C18H22N2O3. The van der Waals surface area contributed by atoms with Gasteiger partial charge >= 0.3 is 5.97 Å². The van der Waals surface area contributed by atoms with Crippen molar-refractivity contribution >= 4 is 11.9 Å². The quantitative estimate of drug-likeness (QED) is 0.834. The Bertz CT molecular complexity index is 674. The summed E-state index contributed by atoms with van der Waals surface area (Å²) in [5, 5.41) is 2.83. The Morgan fingerprint density at radius 3 is 2.48 bits per heavy atom. The Kier molecular flexibility index (Phi) is 5.57. The van der Waals surface area contributed by atoms with Crippen LogP contribution in [0, 0.1) is 0 Å². The summed E-state index contributed by atoms with van der Waals surface area (Å²) in [4.78, 5) is 23.7. The van der Waals surface area contributed by atoms with Gasteiger partial charge in [0, 0.05) is 13.2 Å². The van der Waals surface area contributed by atoms with Gasteiger partial charge in [0.2, 0.25) is 0 Å². The molecule has 122 valence electrons. The van der Waals surface area contributed by atoms with Gasteiger partial charge < -0.3 is 14.6 Å². The van der Waals surface area contributed by atoms with Gasteiger partial charge in [-0.1, -0.05) is 31.2 Å². The van der Waals surface area contributed by atoms with Crippen LogP contribution in [0.1, 0.15) is 41.5 Å². The summed E-state index contributed by atoms with van der Waals surface area (Å²) in [5.74, 6) is -0.827. The molecule has 0 fully saturated rings. The van der Waals surface area contributed by atoms with E-state index >= 15 is 0 Å². The molecule has 0 spiro atoms. The lowest BCUT2D eigenvalue weighted by Gasteiger charge is -2.15. The summed E-state index contributed by atoms with van der Waals surface area (Å²) in [6.07, 6.45) is 2.73. The van der Waals surface area contributed by atoms with Crippen molar-refractivity contribution in [3.8, 4) is 0 Å². The van der Waals surface area contributed by atoms with Crippen molar-refractivity contribution in [2.45, 2.75) is 26.3 Å². The van der Waals surface area contributed by atoms with Crippen LogP contribution in [0.15, 0.2) is 42.6 Å². The van der Waals surface area contributed by atoms with Gasteiger partial charge in [-0.2, -0.15) is 0 Å². The van der Waals surface area contributed by atoms with Crippen LogP contribution in [0.25, 0.3) is 0 Å². The average Bonchev–Trinajstić information content (AvgIpc) is 2.98. The fourth-order valence-corrected chi connectivity index (χ4v) is 2.29. The molecule has 2 aromatic rings. The second-order valence-corrected chi connectivity index (χ2v) is 5.46. The van der Waals surface area contributed by atoms with Crippen molar-refractivity contribution < 1.29 is 14.3 Å². The van der Waals surface area contributed by atoms with Crippen LogP contribution in [-0.2, 0) is 23.0 Å². The van der Waals surface area contributed by atoms with Gasteiger partial charge in [-0.25, -0.2) is 4.79 Å². The second kappa shape index (κ2) is 7.63. The molecule has 1 aromatic carbocycles. The van der Waals surface area contributed by atoms with Crippen LogP contribution >= 0.6 is 0 Å². The minimum atomic E-state index is -0.507. The molecule has 0 radical (unpaired) electrons. The van der Waals surface area contributed by atoms with Gasteiger partial charge in [0.1, 0.15) is 5.69 Å². The number of ether oxygens (including phenoxy) is 1. The highest BCUT2D eigenvalue weighted by molar-refractivity contribution is 5.90. The van der Waals surface area contributed by atoms with E-state index in [1.165, 1.54) is 5.56 Å². The Balaban J connectivity index is 1.84. The van der Waals surface area contributed by atoms with E-state index in [1.807, 2.05) is 31.2 Å². The molecule has 0 aliphatic heterocycles. The van der Waals surface area contributed by atoms with Crippen LogP contribution in [-0.4, -0.2) is 23.1 Å². The predicted molar refractivity (Wildman–Crippen MR) is 88.1 cm³/mol. The van der Waals surface area contributed by atoms with Crippen molar-refractivity contribution in [3.63, 3.8) is 0 Å². The van der Waals surface area contributed by atoms with E-state index in [2.05, 4.69) is 12.2 Å². The van der Waals surface area contributed by atoms with Crippen molar-refractivity contribution in [2.75, 3.05) is 6.61 Å². The van der Waals surface area contributed by atoms with Crippen LogP contribution in [0.3, 0.4) is 0 Å². The van der Waals surface area contributed by atoms with Crippen molar-refractivity contribution in [1.82, 2.24) is 9.88 Å². The number of carbonyl (C=O) groups excluding carboxylic acids is 2. The third kappa shape index (κ3) is 4.45. The largest absolute Gasteiger partial charge is 0.451 e. The van der Waals surface area contributed by atoms with Gasteiger partial charge in [-0.3, -0.25) is 4.79 Å². The van der Waals surface area contributed by atoms with Gasteiger partial charge in [0.25, 0.3) is 5.91 Å². The number of esters is 1. The number of rotatable bonds is 6. The van der Waals surface area contributed by atoms with Gasteiger partial charge in [0.05, 0.1) is 6.04 Å². The smallest absolute Gasteiger partial charge is 0.355 e. The average molecular weight is 314 g/mol. The zero-order valence-electron chi connectivity index (χ0n) is 13.7. The van der Waals surface area contributed by atoms with Crippen LogP contribution in [0.4, 0.5) is 0 Å². The third-order valence-electron chi connectivity index (χ3n) is 3.75. The molecule has 0 saturated carbocycles. The molecule has 2 rings (SSSR count). The van der Waals surface area contributed by atoms with E-state index in [0.29, 0.717) is 5.69 Å². The molecule has 1 aromatic heterocycles. The maximum atomic E-state index is 11.9. The maximum absolute atomic E-state index is 11.9. The monoisotopic (exact) mass is 314 g/mol. The third-order valence-corrected chi connectivity index (χ3v) is 3.75. The summed E-state index contributed by atoms with van der Waals surface area (Å²) in [6.45, 7) is 3.71. The van der Waals surface area contributed by atoms with E-state index in [0.717, 1.165) is 12.0 Å². The second-order valence-electron chi connectivity index (χ2n) is 5.46. The van der Waals surface area contributed by atoms with Crippen molar-refractivity contribution in [2.24, 2.45) is 7.05 Å². The summed E-state index contributed by atoms with van der Waals surface area (Å²) < 4.78 is 6.68. The molecule has 1 amide bonds. The molecule has 0 saturated heterocycles. The number of carbonyl (C=O) groups is 2. The summed E-state index contributed by atoms with van der Waals surface area (Å²) in [6, 6.07) is 11.4. The molecule has 0 bridgehead atoms. The predicted octanol–water partition coefficient (Wildman–Crippen LogP) is 2.62. The van der Waals surface area contributed by atoms with E-state index in [1.54, 1.807) is 29.9 Å². The molecule has 5 nitrogen and oxygen atoms in total. The summed E-state index contributed by atoms with van der Waals surface area (Å²) >= 11 is 0. The highest BCUT2D eigenvalue weighted by Gasteiger charge is 2.14. The summed E-state index contributed by atoms with van der Waals surface area (Å²) in [7, 11) is 1.75. The van der Waals surface area contributed by atoms with E-state index in [9.17, 15) is 9.59 Å². The zero-order valence-corrected chi connectivity index (χ0v) is 13.7. The number of nitrogens with zero attached hydrogens (tertiary/aromatic N) is 1. The van der Waals surface area contributed by atoms with Crippen LogP contribution in [0.5, 0.6) is 0 Å². The fourth-order valence-electron chi connectivity index (χ4n) is 2.29. The molecule has 0 unspecified atom stereocenters. The maximum Gasteiger partial charge on any atom is 0.355 e. The Hall–Kier alpha value is -2.56. The molecule has 23 heavy (non-hydrogen) atoms. The molecular weight excluding hydrogens is 292 g/mol.